The maximum atomic E-state index is 11.0. The number of hydrogen-bond donors (Lipinski definition) is 1. The summed E-state index contributed by atoms with van der Waals surface area (Å²) < 4.78 is 5.67. The summed E-state index contributed by atoms with van der Waals surface area (Å²) in [6.07, 6.45) is -0.217. The second-order valence-corrected chi connectivity index (χ2v) is 5.17. The molecular formula is C17H12ClNO3. The monoisotopic (exact) mass is 313 g/mol. The molecule has 0 aliphatic carbocycles. The summed E-state index contributed by atoms with van der Waals surface area (Å²) in [4.78, 5) is 15.5. The molecule has 2 aromatic carbocycles. The first-order chi connectivity index (χ1) is 10.6. The van der Waals surface area contributed by atoms with E-state index in [2.05, 4.69) is 4.98 Å². The van der Waals surface area contributed by atoms with Gasteiger partial charge in [-0.15, -0.1) is 0 Å². The molecule has 0 bridgehead atoms. The molecule has 0 unspecified atom stereocenters. The Labute approximate surface area is 132 Å². The van der Waals surface area contributed by atoms with Gasteiger partial charge in [-0.25, -0.2) is 4.98 Å². The minimum absolute atomic E-state index is 0.217. The molecule has 0 saturated carbocycles. The van der Waals surface area contributed by atoms with Crippen molar-refractivity contribution in [1.82, 2.24) is 4.98 Å². The zero-order valence-corrected chi connectivity index (χ0v) is 12.2. The summed E-state index contributed by atoms with van der Waals surface area (Å²) in [6.45, 7) is 0. The Morgan fingerprint density at radius 1 is 1.05 bits per heavy atom. The molecule has 0 saturated heterocycles. The van der Waals surface area contributed by atoms with Crippen LogP contribution in [0.15, 0.2) is 59.0 Å². The van der Waals surface area contributed by atoms with E-state index in [1.165, 1.54) is 0 Å². The van der Waals surface area contributed by atoms with Crippen LogP contribution in [0, 0.1) is 0 Å². The molecule has 0 amide bonds. The van der Waals surface area contributed by atoms with Gasteiger partial charge in [0.2, 0.25) is 5.89 Å². The molecule has 1 N–H and O–H groups in total. The molecule has 1 aromatic heterocycles. The van der Waals surface area contributed by atoms with Crippen molar-refractivity contribution in [1.29, 1.82) is 0 Å². The quantitative estimate of drug-likeness (QED) is 0.780. The molecule has 5 heteroatoms. The van der Waals surface area contributed by atoms with Crippen molar-refractivity contribution >= 4 is 17.6 Å². The first-order valence-corrected chi connectivity index (χ1v) is 7.04. The lowest BCUT2D eigenvalue weighted by atomic mass is 10.1. The summed E-state index contributed by atoms with van der Waals surface area (Å²) >= 11 is 5.87. The molecule has 0 spiro atoms. The van der Waals surface area contributed by atoms with Gasteiger partial charge < -0.3 is 9.52 Å². The number of oxazole rings is 1. The van der Waals surface area contributed by atoms with E-state index in [-0.39, 0.29) is 6.42 Å². The van der Waals surface area contributed by atoms with Crippen molar-refractivity contribution in [3.63, 3.8) is 0 Å². The van der Waals surface area contributed by atoms with Gasteiger partial charge in [-0.2, -0.15) is 0 Å². The Bertz CT molecular complexity index is 795. The van der Waals surface area contributed by atoms with Gasteiger partial charge in [0.05, 0.1) is 0 Å². The zero-order chi connectivity index (χ0) is 15.5. The Balaban J connectivity index is 2.08. The Morgan fingerprint density at radius 2 is 1.73 bits per heavy atom. The van der Waals surface area contributed by atoms with Crippen LogP contribution in [0.1, 0.15) is 5.76 Å². The second kappa shape index (κ2) is 6.03. The Kier molecular flexibility index (Phi) is 3.94. The standard InChI is InChI=1S/C17H12ClNO3/c18-13-8-6-12(7-9-13)17-19-16(11-4-2-1-3-5-11)14(22-17)10-15(20)21/h1-9H,10H2,(H,20,21). The van der Waals surface area contributed by atoms with E-state index in [0.717, 1.165) is 11.1 Å². The van der Waals surface area contributed by atoms with Crippen LogP contribution in [0.4, 0.5) is 0 Å². The van der Waals surface area contributed by atoms with Crippen molar-refractivity contribution < 1.29 is 14.3 Å². The van der Waals surface area contributed by atoms with E-state index in [1.807, 2.05) is 30.3 Å². The maximum absolute atomic E-state index is 11.0. The average Bonchev–Trinajstić information content (AvgIpc) is 2.92. The van der Waals surface area contributed by atoms with Gasteiger partial charge in [-0.05, 0) is 24.3 Å². The fraction of sp³-hybridized carbons (Fsp3) is 0.0588. The van der Waals surface area contributed by atoms with E-state index in [9.17, 15) is 4.79 Å². The van der Waals surface area contributed by atoms with Gasteiger partial charge in [0.15, 0.2) is 0 Å². The zero-order valence-electron chi connectivity index (χ0n) is 11.5. The smallest absolute Gasteiger partial charge is 0.311 e. The summed E-state index contributed by atoms with van der Waals surface area (Å²) in [7, 11) is 0. The molecule has 0 radical (unpaired) electrons. The highest BCUT2D eigenvalue weighted by molar-refractivity contribution is 6.30. The van der Waals surface area contributed by atoms with Gasteiger partial charge in [-0.3, -0.25) is 4.79 Å². The highest BCUT2D eigenvalue weighted by atomic mass is 35.5. The van der Waals surface area contributed by atoms with Crippen molar-refractivity contribution in [2.45, 2.75) is 6.42 Å². The van der Waals surface area contributed by atoms with Crippen LogP contribution < -0.4 is 0 Å². The molecule has 1 heterocycles. The van der Waals surface area contributed by atoms with E-state index < -0.39 is 5.97 Å². The number of carbonyl (C=O) groups is 1. The number of benzene rings is 2. The van der Waals surface area contributed by atoms with Gasteiger partial charge in [0.1, 0.15) is 17.9 Å². The van der Waals surface area contributed by atoms with Crippen molar-refractivity contribution in [3.05, 3.63) is 65.4 Å². The fourth-order valence-electron chi connectivity index (χ4n) is 2.15. The molecule has 0 aliphatic rings. The first kappa shape index (κ1) is 14.4. The fourth-order valence-corrected chi connectivity index (χ4v) is 2.27. The highest BCUT2D eigenvalue weighted by Gasteiger charge is 2.18. The topological polar surface area (TPSA) is 63.3 Å². The van der Waals surface area contributed by atoms with Crippen LogP contribution in [0.3, 0.4) is 0 Å². The Morgan fingerprint density at radius 3 is 2.36 bits per heavy atom. The number of rotatable bonds is 4. The molecule has 22 heavy (non-hydrogen) atoms. The molecular weight excluding hydrogens is 302 g/mol. The number of aromatic nitrogens is 1. The largest absolute Gasteiger partial charge is 0.481 e. The predicted molar refractivity (Wildman–Crippen MR) is 83.7 cm³/mol. The number of hydrogen-bond acceptors (Lipinski definition) is 3. The SMILES string of the molecule is O=C(O)Cc1oc(-c2ccc(Cl)cc2)nc1-c1ccccc1. The Hall–Kier alpha value is -2.59. The van der Waals surface area contributed by atoms with Crippen LogP contribution in [-0.4, -0.2) is 16.1 Å². The van der Waals surface area contributed by atoms with Crippen LogP contribution >= 0.6 is 11.6 Å². The van der Waals surface area contributed by atoms with Crippen molar-refractivity contribution in [2.24, 2.45) is 0 Å². The summed E-state index contributed by atoms with van der Waals surface area (Å²) in [5.74, 6) is -0.244. The van der Waals surface area contributed by atoms with Crippen LogP contribution in [0.25, 0.3) is 22.7 Å². The number of halogens is 1. The normalized spacial score (nSPS) is 10.6. The van der Waals surface area contributed by atoms with Crippen LogP contribution in [0.5, 0.6) is 0 Å². The van der Waals surface area contributed by atoms with Gasteiger partial charge in [-0.1, -0.05) is 41.9 Å². The van der Waals surface area contributed by atoms with Gasteiger partial charge in [0, 0.05) is 16.1 Å². The van der Waals surface area contributed by atoms with E-state index in [1.54, 1.807) is 24.3 Å². The van der Waals surface area contributed by atoms with Crippen LogP contribution in [0.2, 0.25) is 5.02 Å². The summed E-state index contributed by atoms with van der Waals surface area (Å²) in [5.41, 5.74) is 2.12. The summed E-state index contributed by atoms with van der Waals surface area (Å²) in [6, 6.07) is 16.4. The van der Waals surface area contributed by atoms with Gasteiger partial charge >= 0.3 is 5.97 Å². The number of nitrogens with zero attached hydrogens (tertiary/aromatic N) is 1. The molecule has 0 fully saturated rings. The highest BCUT2D eigenvalue weighted by Crippen LogP contribution is 2.29. The lowest BCUT2D eigenvalue weighted by Crippen LogP contribution is -2.00. The average molecular weight is 314 g/mol. The molecule has 110 valence electrons. The number of carboxylic acids is 1. The molecule has 3 rings (SSSR count). The number of carboxylic acid groups (broad SMARTS) is 1. The third kappa shape index (κ3) is 3.02. The van der Waals surface area contributed by atoms with E-state index >= 15 is 0 Å². The van der Waals surface area contributed by atoms with Crippen LogP contribution in [-0.2, 0) is 11.2 Å². The third-order valence-electron chi connectivity index (χ3n) is 3.15. The lowest BCUT2D eigenvalue weighted by Gasteiger charge is -1.97. The first-order valence-electron chi connectivity index (χ1n) is 6.66. The second-order valence-electron chi connectivity index (χ2n) is 4.73. The molecule has 0 atom stereocenters. The third-order valence-corrected chi connectivity index (χ3v) is 3.40. The van der Waals surface area contributed by atoms with E-state index in [4.69, 9.17) is 21.1 Å². The van der Waals surface area contributed by atoms with Crippen molar-refractivity contribution in [3.8, 4) is 22.7 Å². The molecule has 4 nitrogen and oxygen atoms in total. The minimum Gasteiger partial charge on any atom is -0.481 e. The molecule has 0 aliphatic heterocycles. The maximum Gasteiger partial charge on any atom is 0.311 e. The number of aliphatic carboxylic acids is 1. The molecule has 3 aromatic rings. The van der Waals surface area contributed by atoms with Crippen molar-refractivity contribution in [2.75, 3.05) is 0 Å². The van der Waals surface area contributed by atoms with Gasteiger partial charge in [0.25, 0.3) is 0 Å². The summed E-state index contributed by atoms with van der Waals surface area (Å²) in [5, 5.41) is 9.66. The van der Waals surface area contributed by atoms with E-state index in [0.29, 0.717) is 22.4 Å². The minimum atomic E-state index is -0.962. The predicted octanol–water partition coefficient (Wildman–Crippen LogP) is 4.29. The lowest BCUT2D eigenvalue weighted by molar-refractivity contribution is -0.136.